The van der Waals surface area contributed by atoms with Gasteiger partial charge in [-0.25, -0.2) is 9.59 Å². The maximum absolute atomic E-state index is 11.9. The van der Waals surface area contributed by atoms with Crippen LogP contribution in [0.1, 0.15) is 23.7 Å². The van der Waals surface area contributed by atoms with Gasteiger partial charge in [0.05, 0.1) is 20.3 Å². The van der Waals surface area contributed by atoms with Crippen LogP contribution in [0.4, 0.5) is 5.69 Å². The van der Waals surface area contributed by atoms with Gasteiger partial charge in [0.15, 0.2) is 5.78 Å². The van der Waals surface area contributed by atoms with Gasteiger partial charge in [0.2, 0.25) is 0 Å². The molecule has 6 heteroatoms. The van der Waals surface area contributed by atoms with Crippen molar-refractivity contribution in [1.29, 1.82) is 0 Å². The maximum atomic E-state index is 11.9. The van der Waals surface area contributed by atoms with E-state index in [9.17, 15) is 14.4 Å². The lowest BCUT2D eigenvalue weighted by Crippen LogP contribution is -2.17. The van der Waals surface area contributed by atoms with E-state index in [-0.39, 0.29) is 11.5 Å². The molecule has 0 atom stereocenters. The molecule has 0 aliphatic carbocycles. The van der Waals surface area contributed by atoms with E-state index in [1.54, 1.807) is 31.2 Å². The van der Waals surface area contributed by atoms with Crippen LogP contribution in [0.3, 0.4) is 0 Å². The van der Waals surface area contributed by atoms with Crippen molar-refractivity contribution in [2.24, 2.45) is 0 Å². The quantitative estimate of drug-likeness (QED) is 0.490. The molecule has 0 aliphatic heterocycles. The number of hydrogen-bond acceptors (Lipinski definition) is 6. The highest BCUT2D eigenvalue weighted by atomic mass is 16.5. The summed E-state index contributed by atoms with van der Waals surface area (Å²) >= 11 is 0. The first kappa shape index (κ1) is 16.4. The van der Waals surface area contributed by atoms with E-state index < -0.39 is 11.9 Å². The fourth-order valence-corrected chi connectivity index (χ4v) is 1.60. The van der Waals surface area contributed by atoms with Crippen LogP contribution in [0.2, 0.25) is 0 Å². The lowest BCUT2D eigenvalue weighted by Gasteiger charge is -2.12. The van der Waals surface area contributed by atoms with Gasteiger partial charge in [-0.3, -0.25) is 4.79 Å². The first-order valence-electron chi connectivity index (χ1n) is 6.30. The number of esters is 2. The Balaban J connectivity index is 3.16. The van der Waals surface area contributed by atoms with E-state index >= 15 is 0 Å². The first-order valence-corrected chi connectivity index (χ1v) is 6.30. The molecule has 0 fully saturated rings. The van der Waals surface area contributed by atoms with Crippen LogP contribution >= 0.6 is 0 Å². The molecule has 0 unspecified atom stereocenters. The minimum atomic E-state index is -0.737. The summed E-state index contributed by atoms with van der Waals surface area (Å²) in [7, 11) is 2.39. The normalized spacial score (nSPS) is 10.7. The van der Waals surface area contributed by atoms with Gasteiger partial charge in [-0.15, -0.1) is 0 Å². The number of benzene rings is 1. The van der Waals surface area contributed by atoms with E-state index in [0.717, 1.165) is 6.08 Å². The van der Waals surface area contributed by atoms with Crippen LogP contribution in [0.25, 0.3) is 0 Å². The molecule has 112 valence electrons. The monoisotopic (exact) mass is 291 g/mol. The van der Waals surface area contributed by atoms with Crippen LogP contribution < -0.4 is 5.32 Å². The molecular weight excluding hydrogens is 274 g/mol. The topological polar surface area (TPSA) is 81.7 Å². The minimum Gasteiger partial charge on any atom is -0.466 e. The number of ether oxygens (including phenoxy) is 2. The minimum absolute atomic E-state index is 0.0830. The van der Waals surface area contributed by atoms with Gasteiger partial charge >= 0.3 is 11.9 Å². The average molecular weight is 291 g/mol. The van der Waals surface area contributed by atoms with Crippen molar-refractivity contribution in [2.75, 3.05) is 19.5 Å². The second-order valence-electron chi connectivity index (χ2n) is 4.02. The molecule has 0 aliphatic rings. The second kappa shape index (κ2) is 7.84. The third-order valence-corrected chi connectivity index (χ3v) is 2.69. The summed E-state index contributed by atoms with van der Waals surface area (Å²) in [6.07, 6.45) is 1.30. The summed E-state index contributed by atoms with van der Waals surface area (Å²) in [5.41, 5.74) is 0.741. The Morgan fingerprint density at radius 3 is 2.38 bits per heavy atom. The van der Waals surface area contributed by atoms with Gasteiger partial charge in [-0.05, 0) is 12.1 Å². The lowest BCUT2D eigenvalue weighted by molar-refractivity contribution is -0.138. The summed E-state index contributed by atoms with van der Waals surface area (Å²) in [5, 5.41) is 2.74. The zero-order valence-electron chi connectivity index (χ0n) is 12.1. The summed E-state index contributed by atoms with van der Waals surface area (Å²) in [6, 6.07) is 6.70. The number of anilines is 1. The highest BCUT2D eigenvalue weighted by molar-refractivity contribution is 6.04. The van der Waals surface area contributed by atoms with Crippen molar-refractivity contribution in [3.05, 3.63) is 41.6 Å². The van der Waals surface area contributed by atoms with Crippen LogP contribution in [0, 0.1) is 0 Å². The molecule has 0 amide bonds. The van der Waals surface area contributed by atoms with E-state index in [4.69, 9.17) is 0 Å². The van der Waals surface area contributed by atoms with Gasteiger partial charge in [-0.2, -0.15) is 0 Å². The van der Waals surface area contributed by atoms with Crippen molar-refractivity contribution in [1.82, 2.24) is 0 Å². The Hall–Kier alpha value is -2.63. The fraction of sp³-hybridized carbons (Fsp3) is 0.267. The highest BCUT2D eigenvalue weighted by Crippen LogP contribution is 2.19. The molecule has 0 aromatic heterocycles. The van der Waals surface area contributed by atoms with Gasteiger partial charge in [-0.1, -0.05) is 19.1 Å². The van der Waals surface area contributed by atoms with Crippen molar-refractivity contribution in [3.8, 4) is 0 Å². The number of ketones is 1. The lowest BCUT2D eigenvalue weighted by atomic mass is 10.1. The molecule has 0 bridgehead atoms. The number of rotatable bonds is 6. The number of carbonyl (C=O) groups is 3. The molecule has 0 radical (unpaired) electrons. The van der Waals surface area contributed by atoms with Crippen LogP contribution in [0.5, 0.6) is 0 Å². The van der Waals surface area contributed by atoms with Crippen LogP contribution in [-0.2, 0) is 19.1 Å². The molecule has 6 nitrogen and oxygen atoms in total. The smallest absolute Gasteiger partial charge is 0.354 e. The van der Waals surface area contributed by atoms with E-state index in [1.807, 2.05) is 0 Å². The second-order valence-corrected chi connectivity index (χ2v) is 4.02. The van der Waals surface area contributed by atoms with E-state index in [2.05, 4.69) is 14.8 Å². The Kier molecular flexibility index (Phi) is 6.13. The molecule has 0 heterocycles. The predicted molar refractivity (Wildman–Crippen MR) is 76.8 cm³/mol. The molecule has 1 N–H and O–H groups in total. The number of para-hydroxylation sites is 1. The molecular formula is C15H17NO5. The molecule has 0 saturated heterocycles. The van der Waals surface area contributed by atoms with Gasteiger partial charge in [0, 0.05) is 17.7 Å². The molecule has 0 spiro atoms. The third-order valence-electron chi connectivity index (χ3n) is 2.69. The number of Topliss-reactive ketones (excluding diaryl/α,β-unsaturated/α-hetero) is 1. The summed E-state index contributed by atoms with van der Waals surface area (Å²) < 4.78 is 9.08. The van der Waals surface area contributed by atoms with Crippen molar-refractivity contribution in [3.63, 3.8) is 0 Å². The molecule has 1 rings (SSSR count). The highest BCUT2D eigenvalue weighted by Gasteiger charge is 2.16. The Bertz CT molecular complexity index is 577. The number of methoxy groups -OCH3 is 2. The molecule has 21 heavy (non-hydrogen) atoms. The molecule has 0 saturated carbocycles. The van der Waals surface area contributed by atoms with Crippen LogP contribution in [-0.4, -0.2) is 31.9 Å². The van der Waals surface area contributed by atoms with E-state index in [0.29, 0.717) is 17.7 Å². The SMILES string of the molecule is CCC(=O)c1ccccc1N/C(=C/C(=O)OC)C(=O)OC. The summed E-state index contributed by atoms with van der Waals surface area (Å²) in [5.74, 6) is -1.53. The van der Waals surface area contributed by atoms with Crippen molar-refractivity contribution < 1.29 is 23.9 Å². The van der Waals surface area contributed by atoms with Gasteiger partial charge < -0.3 is 14.8 Å². The first-order chi connectivity index (χ1) is 10.0. The number of carbonyl (C=O) groups excluding carboxylic acids is 3. The summed E-state index contributed by atoms with van der Waals surface area (Å²) in [4.78, 5) is 34.8. The Morgan fingerprint density at radius 1 is 1.14 bits per heavy atom. The largest absolute Gasteiger partial charge is 0.466 e. The van der Waals surface area contributed by atoms with Gasteiger partial charge in [0.1, 0.15) is 5.70 Å². The zero-order valence-corrected chi connectivity index (χ0v) is 12.1. The fourth-order valence-electron chi connectivity index (χ4n) is 1.60. The third kappa shape index (κ3) is 4.45. The van der Waals surface area contributed by atoms with Gasteiger partial charge in [0.25, 0.3) is 0 Å². The average Bonchev–Trinajstić information content (AvgIpc) is 2.52. The zero-order chi connectivity index (χ0) is 15.8. The van der Waals surface area contributed by atoms with E-state index in [1.165, 1.54) is 14.2 Å². The Labute approximate surface area is 122 Å². The number of nitrogens with one attached hydrogen (secondary N) is 1. The van der Waals surface area contributed by atoms with Crippen LogP contribution in [0.15, 0.2) is 36.0 Å². The summed E-state index contributed by atoms with van der Waals surface area (Å²) in [6.45, 7) is 1.74. The maximum Gasteiger partial charge on any atom is 0.354 e. The predicted octanol–water partition coefficient (Wildman–Crippen LogP) is 1.92. The number of hydrogen-bond donors (Lipinski definition) is 1. The van der Waals surface area contributed by atoms with Crippen molar-refractivity contribution in [2.45, 2.75) is 13.3 Å². The Morgan fingerprint density at radius 2 is 1.81 bits per heavy atom. The molecule has 1 aromatic rings. The van der Waals surface area contributed by atoms with Crippen molar-refractivity contribution >= 4 is 23.4 Å². The standard InChI is InChI=1S/C15H17NO5/c1-4-13(17)10-7-5-6-8-11(10)16-12(15(19)21-3)9-14(18)20-2/h5-9,16H,4H2,1-3H3/b12-9+. The molecule has 1 aromatic carbocycles.